The van der Waals surface area contributed by atoms with Crippen molar-refractivity contribution in [3.05, 3.63) is 64.5 Å². The summed E-state index contributed by atoms with van der Waals surface area (Å²) in [4.78, 5) is 26.9. The number of thioether (sulfide) groups is 1. The first-order valence-corrected chi connectivity index (χ1v) is 9.55. The van der Waals surface area contributed by atoms with Crippen molar-refractivity contribution in [1.82, 2.24) is 4.90 Å². The van der Waals surface area contributed by atoms with Crippen molar-refractivity contribution in [3.8, 4) is 0 Å². The van der Waals surface area contributed by atoms with Crippen molar-refractivity contribution in [2.24, 2.45) is 0 Å². The van der Waals surface area contributed by atoms with Crippen molar-refractivity contribution in [3.63, 3.8) is 0 Å². The van der Waals surface area contributed by atoms with E-state index in [1.54, 1.807) is 19.1 Å². The molecule has 0 spiro atoms. The number of benzene rings is 2. The zero-order valence-electron chi connectivity index (χ0n) is 15.0. The Bertz CT molecular complexity index is 869. The van der Waals surface area contributed by atoms with E-state index in [1.807, 2.05) is 32.0 Å². The fraction of sp³-hybridized carbons (Fsp3) is 0.300. The van der Waals surface area contributed by atoms with Gasteiger partial charge < -0.3 is 10.2 Å². The lowest BCUT2D eigenvalue weighted by Crippen LogP contribution is -2.44. The van der Waals surface area contributed by atoms with Crippen LogP contribution in [-0.4, -0.2) is 34.4 Å². The minimum atomic E-state index is -0.571. The van der Waals surface area contributed by atoms with Gasteiger partial charge in [0.05, 0.1) is 5.88 Å². The lowest BCUT2D eigenvalue weighted by Gasteiger charge is -2.23. The molecule has 26 heavy (non-hydrogen) atoms. The van der Waals surface area contributed by atoms with Crippen molar-refractivity contribution < 1.29 is 14.0 Å². The summed E-state index contributed by atoms with van der Waals surface area (Å²) in [6.45, 7) is 5.64. The highest BCUT2D eigenvalue weighted by Gasteiger charge is 2.35. The second-order valence-electron chi connectivity index (χ2n) is 6.54. The molecule has 1 heterocycles. The number of nitrogens with zero attached hydrogens (tertiary/aromatic N) is 1. The second-order valence-corrected chi connectivity index (χ2v) is 7.54. The molecule has 1 unspecified atom stereocenters. The predicted molar refractivity (Wildman–Crippen MR) is 103 cm³/mol. The molecule has 1 fully saturated rings. The van der Waals surface area contributed by atoms with Gasteiger partial charge in [0, 0.05) is 17.0 Å². The van der Waals surface area contributed by atoms with Gasteiger partial charge >= 0.3 is 0 Å². The summed E-state index contributed by atoms with van der Waals surface area (Å²) in [6, 6.07) is 9.56. The van der Waals surface area contributed by atoms with Gasteiger partial charge in [-0.1, -0.05) is 12.1 Å². The third-order valence-corrected chi connectivity index (χ3v) is 5.65. The molecule has 2 aromatic carbocycles. The smallest absolute Gasteiger partial charge is 0.255 e. The Labute approximate surface area is 156 Å². The number of rotatable bonds is 3. The molecule has 0 radical (unpaired) electrons. The maximum atomic E-state index is 13.8. The molecule has 2 aromatic rings. The molecule has 6 heteroatoms. The van der Waals surface area contributed by atoms with Gasteiger partial charge in [0.2, 0.25) is 5.91 Å². The minimum absolute atomic E-state index is 0.223. The van der Waals surface area contributed by atoms with E-state index in [-0.39, 0.29) is 17.4 Å². The average molecular weight is 372 g/mol. The molecule has 0 bridgehead atoms. The van der Waals surface area contributed by atoms with Gasteiger partial charge in [0.15, 0.2) is 0 Å². The van der Waals surface area contributed by atoms with Crippen LogP contribution in [0.15, 0.2) is 36.4 Å². The quantitative estimate of drug-likeness (QED) is 0.889. The van der Waals surface area contributed by atoms with Crippen LogP contribution in [0.2, 0.25) is 0 Å². The van der Waals surface area contributed by atoms with Crippen molar-refractivity contribution in [1.29, 1.82) is 0 Å². The molecule has 3 rings (SSSR count). The van der Waals surface area contributed by atoms with Crippen LogP contribution < -0.4 is 5.32 Å². The van der Waals surface area contributed by atoms with E-state index in [1.165, 1.54) is 22.7 Å². The average Bonchev–Trinajstić information content (AvgIpc) is 3.10. The molecule has 4 nitrogen and oxygen atoms in total. The third kappa shape index (κ3) is 3.75. The van der Waals surface area contributed by atoms with Crippen LogP contribution in [0.3, 0.4) is 0 Å². The Morgan fingerprint density at radius 3 is 2.50 bits per heavy atom. The first kappa shape index (κ1) is 18.5. The van der Waals surface area contributed by atoms with Crippen molar-refractivity contribution in [2.75, 3.05) is 16.9 Å². The predicted octanol–water partition coefficient (Wildman–Crippen LogP) is 3.90. The molecule has 1 N–H and O–H groups in total. The summed E-state index contributed by atoms with van der Waals surface area (Å²) in [5.41, 5.74) is 3.70. The number of hydrogen-bond donors (Lipinski definition) is 1. The summed E-state index contributed by atoms with van der Waals surface area (Å²) in [5.74, 6) is -0.0250. The number of nitrogens with one attached hydrogen (secondary N) is 1. The number of aryl methyl sites for hydroxylation is 3. The normalized spacial score (nSPS) is 16.6. The topological polar surface area (TPSA) is 49.4 Å². The van der Waals surface area contributed by atoms with Gasteiger partial charge in [-0.3, -0.25) is 9.59 Å². The van der Waals surface area contributed by atoms with Crippen LogP contribution in [0.5, 0.6) is 0 Å². The summed E-state index contributed by atoms with van der Waals surface area (Å²) < 4.78 is 13.8. The first-order chi connectivity index (χ1) is 12.4. The summed E-state index contributed by atoms with van der Waals surface area (Å²) in [6.07, 6.45) is 0. The SMILES string of the molecule is Cc1ccc(NC(=O)C2CSCN2C(=O)c2ccc(C)c(F)c2)cc1C. The van der Waals surface area contributed by atoms with E-state index in [2.05, 4.69) is 5.32 Å². The van der Waals surface area contributed by atoms with Gasteiger partial charge in [-0.15, -0.1) is 11.8 Å². The van der Waals surface area contributed by atoms with Gasteiger partial charge in [-0.05, 0) is 61.7 Å². The number of halogens is 1. The Kier molecular flexibility index (Phi) is 5.32. The van der Waals surface area contributed by atoms with Crippen molar-refractivity contribution in [2.45, 2.75) is 26.8 Å². The Morgan fingerprint density at radius 2 is 1.81 bits per heavy atom. The molecule has 1 atom stereocenters. The zero-order valence-corrected chi connectivity index (χ0v) is 15.8. The molecule has 1 saturated heterocycles. The number of hydrogen-bond acceptors (Lipinski definition) is 3. The van der Waals surface area contributed by atoms with Crippen LogP contribution in [0.4, 0.5) is 10.1 Å². The van der Waals surface area contributed by atoms with Crippen LogP contribution >= 0.6 is 11.8 Å². The lowest BCUT2D eigenvalue weighted by atomic mass is 10.1. The van der Waals surface area contributed by atoms with Crippen LogP contribution in [0, 0.1) is 26.6 Å². The molecule has 0 saturated carbocycles. The van der Waals surface area contributed by atoms with E-state index in [0.29, 0.717) is 22.9 Å². The fourth-order valence-electron chi connectivity index (χ4n) is 2.80. The van der Waals surface area contributed by atoms with Crippen LogP contribution in [0.25, 0.3) is 0 Å². The van der Waals surface area contributed by atoms with Gasteiger partial charge in [0.25, 0.3) is 5.91 Å². The summed E-state index contributed by atoms with van der Waals surface area (Å²) >= 11 is 1.52. The number of carbonyl (C=O) groups is 2. The van der Waals surface area contributed by atoms with E-state index in [0.717, 1.165) is 11.1 Å². The van der Waals surface area contributed by atoms with E-state index in [4.69, 9.17) is 0 Å². The number of amides is 2. The zero-order chi connectivity index (χ0) is 18.8. The molecular formula is C20H21FN2O2S. The molecule has 136 valence electrons. The molecule has 0 aromatic heterocycles. The first-order valence-electron chi connectivity index (χ1n) is 8.40. The molecule has 0 aliphatic carbocycles. The van der Waals surface area contributed by atoms with Gasteiger partial charge in [-0.2, -0.15) is 0 Å². The maximum Gasteiger partial charge on any atom is 0.255 e. The summed E-state index contributed by atoms with van der Waals surface area (Å²) in [7, 11) is 0. The number of anilines is 1. The number of carbonyl (C=O) groups excluding carboxylic acids is 2. The van der Waals surface area contributed by atoms with E-state index >= 15 is 0 Å². The van der Waals surface area contributed by atoms with Crippen LogP contribution in [-0.2, 0) is 4.79 Å². The molecule has 1 aliphatic heterocycles. The molecule has 1 aliphatic rings. The fourth-order valence-corrected chi connectivity index (χ4v) is 3.95. The van der Waals surface area contributed by atoms with Gasteiger partial charge in [0.1, 0.15) is 11.9 Å². The Morgan fingerprint density at radius 1 is 1.08 bits per heavy atom. The van der Waals surface area contributed by atoms with E-state index < -0.39 is 11.9 Å². The van der Waals surface area contributed by atoms with E-state index in [9.17, 15) is 14.0 Å². The second kappa shape index (κ2) is 7.50. The minimum Gasteiger partial charge on any atom is -0.324 e. The molecule has 2 amide bonds. The van der Waals surface area contributed by atoms with Crippen LogP contribution in [0.1, 0.15) is 27.0 Å². The lowest BCUT2D eigenvalue weighted by molar-refractivity contribution is -0.119. The Hall–Kier alpha value is -2.34. The highest BCUT2D eigenvalue weighted by atomic mass is 32.2. The molecular weight excluding hydrogens is 351 g/mol. The Balaban J connectivity index is 1.76. The van der Waals surface area contributed by atoms with Gasteiger partial charge in [-0.25, -0.2) is 4.39 Å². The highest BCUT2D eigenvalue weighted by Crippen LogP contribution is 2.25. The third-order valence-electron chi connectivity index (χ3n) is 4.64. The highest BCUT2D eigenvalue weighted by molar-refractivity contribution is 7.99. The maximum absolute atomic E-state index is 13.8. The van der Waals surface area contributed by atoms with Crippen molar-refractivity contribution >= 4 is 29.3 Å². The standard InChI is InChI=1S/C20H21FN2O2S/c1-12-5-7-16(8-14(12)3)22-19(24)18-10-26-11-23(18)20(25)15-6-4-13(2)17(21)9-15/h4-9,18H,10-11H2,1-3H3,(H,22,24). The monoisotopic (exact) mass is 372 g/mol. The largest absolute Gasteiger partial charge is 0.324 e. The summed E-state index contributed by atoms with van der Waals surface area (Å²) in [5, 5.41) is 2.89.